The lowest BCUT2D eigenvalue weighted by molar-refractivity contribution is -0.0229. The molecule has 2 rings (SSSR count). The van der Waals surface area contributed by atoms with Gasteiger partial charge in [-0.15, -0.1) is 0 Å². The van der Waals surface area contributed by atoms with Crippen LogP contribution < -0.4 is 17.0 Å². The second kappa shape index (κ2) is 7.29. The molecule has 0 radical (unpaired) electrons. The van der Waals surface area contributed by atoms with Crippen molar-refractivity contribution in [1.29, 1.82) is 0 Å². The van der Waals surface area contributed by atoms with Crippen molar-refractivity contribution in [1.82, 2.24) is 18.7 Å². The van der Waals surface area contributed by atoms with Gasteiger partial charge in [-0.25, -0.2) is 9.78 Å². The number of fused-ring (bicyclic) bond motifs is 1. The van der Waals surface area contributed by atoms with Gasteiger partial charge in [-0.2, -0.15) is 0 Å². The molecule has 24 heavy (non-hydrogen) atoms. The average molecular weight is 339 g/mol. The van der Waals surface area contributed by atoms with Gasteiger partial charge < -0.3 is 20.1 Å². The van der Waals surface area contributed by atoms with Crippen LogP contribution in [-0.4, -0.2) is 49.2 Å². The van der Waals surface area contributed by atoms with Crippen LogP contribution in [0.25, 0.3) is 11.2 Å². The van der Waals surface area contributed by atoms with Crippen LogP contribution in [0.15, 0.2) is 15.9 Å². The van der Waals surface area contributed by atoms with E-state index in [1.165, 1.54) is 4.57 Å². The summed E-state index contributed by atoms with van der Waals surface area (Å²) in [5.41, 5.74) is 4.46. The van der Waals surface area contributed by atoms with E-state index in [0.717, 1.165) is 4.57 Å². The molecular weight excluding hydrogens is 314 g/mol. The normalized spacial score (nSPS) is 12.2. The number of rotatable bonds is 8. The van der Waals surface area contributed by atoms with E-state index in [1.54, 1.807) is 31.8 Å². The SMILES string of the molecule is Cn1c(=O)n(CCOCC(C)(C)O)c(=O)c2c1ncn2CCCN. The van der Waals surface area contributed by atoms with E-state index in [1.807, 2.05) is 0 Å². The molecule has 0 atom stereocenters. The maximum absolute atomic E-state index is 12.7. The number of aromatic nitrogens is 4. The lowest BCUT2D eigenvalue weighted by atomic mass is 10.2. The van der Waals surface area contributed by atoms with Crippen molar-refractivity contribution in [2.75, 3.05) is 19.8 Å². The Balaban J connectivity index is 2.32. The Bertz CT molecular complexity index is 812. The molecule has 0 fully saturated rings. The zero-order valence-electron chi connectivity index (χ0n) is 14.4. The summed E-state index contributed by atoms with van der Waals surface area (Å²) in [5.74, 6) is 0. The topological polar surface area (TPSA) is 117 Å². The van der Waals surface area contributed by atoms with Crippen molar-refractivity contribution in [3.63, 3.8) is 0 Å². The summed E-state index contributed by atoms with van der Waals surface area (Å²) in [6.07, 6.45) is 2.26. The first-order chi connectivity index (χ1) is 11.3. The quantitative estimate of drug-likeness (QED) is 0.598. The number of hydrogen-bond acceptors (Lipinski definition) is 6. The van der Waals surface area contributed by atoms with Crippen LogP contribution in [-0.2, 0) is 24.9 Å². The smallest absolute Gasteiger partial charge is 0.332 e. The molecule has 0 spiro atoms. The predicted molar refractivity (Wildman–Crippen MR) is 90.0 cm³/mol. The van der Waals surface area contributed by atoms with Gasteiger partial charge in [0.25, 0.3) is 5.56 Å². The van der Waals surface area contributed by atoms with Gasteiger partial charge in [0.1, 0.15) is 0 Å². The minimum Gasteiger partial charge on any atom is -0.388 e. The first kappa shape index (κ1) is 18.4. The fourth-order valence-corrected chi connectivity index (χ4v) is 2.43. The Kier molecular flexibility index (Phi) is 5.58. The molecule has 2 heterocycles. The van der Waals surface area contributed by atoms with Crippen molar-refractivity contribution in [3.05, 3.63) is 27.2 Å². The second-order valence-corrected chi connectivity index (χ2v) is 6.42. The Labute approximate surface area is 139 Å². The predicted octanol–water partition coefficient (Wildman–Crippen LogP) is -0.967. The van der Waals surface area contributed by atoms with Gasteiger partial charge in [0.05, 0.1) is 31.7 Å². The zero-order valence-corrected chi connectivity index (χ0v) is 14.4. The zero-order chi connectivity index (χ0) is 17.9. The van der Waals surface area contributed by atoms with Crippen molar-refractivity contribution < 1.29 is 9.84 Å². The van der Waals surface area contributed by atoms with Crippen LogP contribution in [0.3, 0.4) is 0 Å². The van der Waals surface area contributed by atoms with Gasteiger partial charge in [0.15, 0.2) is 11.2 Å². The molecule has 9 nitrogen and oxygen atoms in total. The van der Waals surface area contributed by atoms with E-state index < -0.39 is 16.9 Å². The number of ether oxygens (including phenoxy) is 1. The molecule has 0 bridgehead atoms. The number of aryl methyl sites for hydroxylation is 2. The van der Waals surface area contributed by atoms with Crippen LogP contribution >= 0.6 is 0 Å². The molecule has 9 heteroatoms. The minimum atomic E-state index is -0.958. The van der Waals surface area contributed by atoms with Crippen LogP contribution in [0.4, 0.5) is 0 Å². The fraction of sp³-hybridized carbons (Fsp3) is 0.667. The fourth-order valence-electron chi connectivity index (χ4n) is 2.43. The lowest BCUT2D eigenvalue weighted by Gasteiger charge is -2.17. The summed E-state index contributed by atoms with van der Waals surface area (Å²) in [7, 11) is 1.58. The molecule has 0 aromatic carbocycles. The molecule has 0 aliphatic carbocycles. The summed E-state index contributed by atoms with van der Waals surface area (Å²) in [6, 6.07) is 0. The molecule has 0 unspecified atom stereocenters. The Hall–Kier alpha value is -1.97. The van der Waals surface area contributed by atoms with Crippen LogP contribution in [0.1, 0.15) is 20.3 Å². The average Bonchev–Trinajstić information content (AvgIpc) is 2.93. The highest BCUT2D eigenvalue weighted by molar-refractivity contribution is 5.69. The van der Waals surface area contributed by atoms with E-state index in [2.05, 4.69) is 4.98 Å². The third-order valence-corrected chi connectivity index (χ3v) is 3.62. The van der Waals surface area contributed by atoms with Gasteiger partial charge in [-0.1, -0.05) is 0 Å². The minimum absolute atomic E-state index is 0.111. The largest absolute Gasteiger partial charge is 0.388 e. The third-order valence-electron chi connectivity index (χ3n) is 3.62. The summed E-state index contributed by atoms with van der Waals surface area (Å²) < 4.78 is 9.55. The lowest BCUT2D eigenvalue weighted by Crippen LogP contribution is -2.41. The molecule has 2 aromatic rings. The highest BCUT2D eigenvalue weighted by Gasteiger charge is 2.17. The van der Waals surface area contributed by atoms with E-state index in [4.69, 9.17) is 10.5 Å². The second-order valence-electron chi connectivity index (χ2n) is 6.42. The maximum atomic E-state index is 12.7. The standard InChI is InChI=1S/C15H25N5O4/c1-15(2,23)9-24-8-7-20-13(21)11-12(18(3)14(20)22)17-10-19(11)6-4-5-16/h10,23H,4-9,16H2,1-3H3. The van der Waals surface area contributed by atoms with Gasteiger partial charge in [-0.3, -0.25) is 13.9 Å². The van der Waals surface area contributed by atoms with Crippen molar-refractivity contribution in [3.8, 4) is 0 Å². The molecule has 0 saturated carbocycles. The summed E-state index contributed by atoms with van der Waals surface area (Å²) in [5, 5.41) is 9.62. The molecule has 134 valence electrons. The van der Waals surface area contributed by atoms with E-state index in [0.29, 0.717) is 30.7 Å². The van der Waals surface area contributed by atoms with Crippen LogP contribution in [0.2, 0.25) is 0 Å². The van der Waals surface area contributed by atoms with Gasteiger partial charge in [0.2, 0.25) is 0 Å². The van der Waals surface area contributed by atoms with E-state index >= 15 is 0 Å². The maximum Gasteiger partial charge on any atom is 0.332 e. The van der Waals surface area contributed by atoms with Gasteiger partial charge in [0, 0.05) is 13.6 Å². The molecule has 0 aliphatic rings. The summed E-state index contributed by atoms with van der Waals surface area (Å²) in [4.78, 5) is 29.2. The molecule has 0 saturated heterocycles. The molecule has 3 N–H and O–H groups in total. The monoisotopic (exact) mass is 339 g/mol. The number of imidazole rings is 1. The van der Waals surface area contributed by atoms with Gasteiger partial charge in [-0.05, 0) is 26.8 Å². The Morgan fingerprint density at radius 1 is 1.33 bits per heavy atom. The van der Waals surface area contributed by atoms with Crippen molar-refractivity contribution in [2.24, 2.45) is 12.8 Å². The number of nitrogens with zero attached hydrogens (tertiary/aromatic N) is 4. The molecular formula is C15H25N5O4. The molecule has 2 aromatic heterocycles. The van der Waals surface area contributed by atoms with E-state index in [9.17, 15) is 14.7 Å². The highest BCUT2D eigenvalue weighted by Crippen LogP contribution is 2.06. The van der Waals surface area contributed by atoms with Gasteiger partial charge >= 0.3 is 5.69 Å². The number of nitrogens with two attached hydrogens (primary N) is 1. The van der Waals surface area contributed by atoms with Crippen molar-refractivity contribution >= 4 is 11.2 Å². The summed E-state index contributed by atoms with van der Waals surface area (Å²) in [6.45, 7) is 4.71. The Morgan fingerprint density at radius 3 is 2.67 bits per heavy atom. The first-order valence-electron chi connectivity index (χ1n) is 7.91. The third kappa shape index (κ3) is 3.92. The number of aliphatic hydroxyl groups is 1. The highest BCUT2D eigenvalue weighted by atomic mass is 16.5. The van der Waals surface area contributed by atoms with Crippen LogP contribution in [0, 0.1) is 0 Å². The number of hydrogen-bond donors (Lipinski definition) is 2. The van der Waals surface area contributed by atoms with Crippen molar-refractivity contribution in [2.45, 2.75) is 39.0 Å². The van der Waals surface area contributed by atoms with E-state index in [-0.39, 0.29) is 19.8 Å². The molecule has 0 aliphatic heterocycles. The molecule has 0 amide bonds. The Morgan fingerprint density at radius 2 is 2.04 bits per heavy atom. The summed E-state index contributed by atoms with van der Waals surface area (Å²) >= 11 is 0. The van der Waals surface area contributed by atoms with Crippen LogP contribution in [0.5, 0.6) is 0 Å². The first-order valence-corrected chi connectivity index (χ1v) is 7.91.